The molecule has 2 rings (SSSR count). The summed E-state index contributed by atoms with van der Waals surface area (Å²) in [4.78, 5) is 26.9. The van der Waals surface area contributed by atoms with Crippen molar-refractivity contribution < 1.29 is 19.1 Å². The number of nitrogens with one attached hydrogen (secondary N) is 1. The molecule has 7 heteroatoms. The molecule has 0 saturated carbocycles. The molecule has 22 heavy (non-hydrogen) atoms. The molecule has 1 aromatic carbocycles. The fourth-order valence-electron chi connectivity index (χ4n) is 1.91. The van der Waals surface area contributed by atoms with Gasteiger partial charge in [-0.2, -0.15) is 0 Å². The predicted molar refractivity (Wildman–Crippen MR) is 82.3 cm³/mol. The predicted octanol–water partition coefficient (Wildman–Crippen LogP) is 2.19. The molecule has 0 unspecified atom stereocenters. The first kappa shape index (κ1) is 16.0. The first-order valence-corrected chi connectivity index (χ1v) is 6.97. The minimum atomic E-state index is -0.387. The second-order valence-corrected chi connectivity index (χ2v) is 4.83. The number of carbonyl (C=O) groups is 2. The maximum absolute atomic E-state index is 12.0. The molecule has 6 nitrogen and oxygen atoms in total. The Bertz CT molecular complexity index is 718. The molecular formula is C15H15ClN2O4. The fraction of sp³-hybridized carbons (Fsp3) is 0.267. The molecule has 0 radical (unpaired) electrons. The quantitative estimate of drug-likeness (QED) is 0.674. The standard InChI is InChI=1S/C15H15ClN2O4/c1-9(19)21-5-6-22-14-8-13-10(12(16)3-4-18-13)7-11(14)15(20)17-2/h3-4,7-8H,5-6H2,1-2H3,(H,17,20). The second-order valence-electron chi connectivity index (χ2n) is 4.43. The molecule has 0 bridgehead atoms. The summed E-state index contributed by atoms with van der Waals surface area (Å²) in [5.41, 5.74) is 0.954. The number of ether oxygens (including phenoxy) is 2. The van der Waals surface area contributed by atoms with Gasteiger partial charge in [-0.1, -0.05) is 11.6 Å². The van der Waals surface area contributed by atoms with Crippen molar-refractivity contribution in [3.8, 4) is 5.75 Å². The molecule has 1 N–H and O–H groups in total. The summed E-state index contributed by atoms with van der Waals surface area (Å²) < 4.78 is 10.3. The van der Waals surface area contributed by atoms with Gasteiger partial charge in [0.15, 0.2) is 0 Å². The minimum Gasteiger partial charge on any atom is -0.489 e. The molecule has 0 aliphatic carbocycles. The Hall–Kier alpha value is -2.34. The van der Waals surface area contributed by atoms with E-state index in [-0.39, 0.29) is 25.1 Å². The fourth-order valence-corrected chi connectivity index (χ4v) is 2.12. The second kappa shape index (κ2) is 7.09. The van der Waals surface area contributed by atoms with Crippen LogP contribution in [0.1, 0.15) is 17.3 Å². The molecule has 0 fully saturated rings. The Morgan fingerprint density at radius 2 is 2.09 bits per heavy atom. The van der Waals surface area contributed by atoms with Crippen LogP contribution < -0.4 is 10.1 Å². The van der Waals surface area contributed by atoms with Gasteiger partial charge in [0.05, 0.1) is 16.1 Å². The molecule has 1 aromatic heterocycles. The zero-order valence-corrected chi connectivity index (χ0v) is 12.9. The number of hydrogen-bond donors (Lipinski definition) is 1. The molecule has 0 spiro atoms. The van der Waals surface area contributed by atoms with Crippen LogP contribution in [-0.2, 0) is 9.53 Å². The van der Waals surface area contributed by atoms with Gasteiger partial charge in [0.1, 0.15) is 19.0 Å². The topological polar surface area (TPSA) is 77.5 Å². The Kier molecular flexibility index (Phi) is 5.16. The number of pyridine rings is 1. The summed E-state index contributed by atoms with van der Waals surface area (Å²) in [7, 11) is 1.53. The van der Waals surface area contributed by atoms with Crippen LogP contribution in [0.2, 0.25) is 5.02 Å². The molecule has 0 aliphatic rings. The van der Waals surface area contributed by atoms with Gasteiger partial charge in [0.25, 0.3) is 5.91 Å². The smallest absolute Gasteiger partial charge is 0.302 e. The third-order valence-corrected chi connectivity index (χ3v) is 3.24. The van der Waals surface area contributed by atoms with Crippen LogP contribution >= 0.6 is 11.6 Å². The van der Waals surface area contributed by atoms with Gasteiger partial charge in [0, 0.05) is 31.6 Å². The van der Waals surface area contributed by atoms with Crippen LogP contribution in [-0.4, -0.2) is 37.1 Å². The van der Waals surface area contributed by atoms with Crippen molar-refractivity contribution in [2.45, 2.75) is 6.92 Å². The zero-order valence-electron chi connectivity index (χ0n) is 12.2. The molecular weight excluding hydrogens is 308 g/mol. The summed E-state index contributed by atoms with van der Waals surface area (Å²) in [6, 6.07) is 4.92. The van der Waals surface area contributed by atoms with Gasteiger partial charge >= 0.3 is 5.97 Å². The monoisotopic (exact) mass is 322 g/mol. The molecule has 116 valence electrons. The number of halogens is 1. The molecule has 1 heterocycles. The van der Waals surface area contributed by atoms with Crippen LogP contribution in [0.25, 0.3) is 10.9 Å². The van der Waals surface area contributed by atoms with Crippen LogP contribution in [0.3, 0.4) is 0 Å². The highest BCUT2D eigenvalue weighted by Crippen LogP contribution is 2.29. The van der Waals surface area contributed by atoms with Crippen LogP contribution in [0.15, 0.2) is 24.4 Å². The number of rotatable bonds is 5. The van der Waals surface area contributed by atoms with E-state index in [1.165, 1.54) is 14.0 Å². The third kappa shape index (κ3) is 3.65. The van der Waals surface area contributed by atoms with Crippen LogP contribution in [0, 0.1) is 0 Å². The number of carbonyl (C=O) groups excluding carboxylic acids is 2. The number of aromatic nitrogens is 1. The average molecular weight is 323 g/mol. The SMILES string of the molecule is CNC(=O)c1cc2c(Cl)ccnc2cc1OCCOC(C)=O. The molecule has 2 aromatic rings. The number of hydrogen-bond acceptors (Lipinski definition) is 5. The van der Waals surface area contributed by atoms with Gasteiger partial charge in [-0.3, -0.25) is 14.6 Å². The van der Waals surface area contributed by atoms with E-state index in [2.05, 4.69) is 10.3 Å². The van der Waals surface area contributed by atoms with Gasteiger partial charge in [0.2, 0.25) is 0 Å². The van der Waals surface area contributed by atoms with E-state index in [1.807, 2.05) is 0 Å². The van der Waals surface area contributed by atoms with Crippen molar-refractivity contribution in [2.75, 3.05) is 20.3 Å². The maximum atomic E-state index is 12.0. The van der Waals surface area contributed by atoms with E-state index in [0.717, 1.165) is 0 Å². The van der Waals surface area contributed by atoms with Crippen LogP contribution in [0.5, 0.6) is 5.75 Å². The lowest BCUT2D eigenvalue weighted by molar-refractivity contribution is -0.141. The van der Waals surface area contributed by atoms with Gasteiger partial charge in [-0.15, -0.1) is 0 Å². The summed E-state index contributed by atoms with van der Waals surface area (Å²) >= 11 is 6.12. The number of fused-ring (bicyclic) bond motifs is 1. The first-order chi connectivity index (χ1) is 10.5. The van der Waals surface area contributed by atoms with E-state index >= 15 is 0 Å². The minimum absolute atomic E-state index is 0.101. The highest BCUT2D eigenvalue weighted by atomic mass is 35.5. The summed E-state index contributed by atoms with van der Waals surface area (Å²) in [5.74, 6) is -0.333. The normalized spacial score (nSPS) is 10.3. The van der Waals surface area contributed by atoms with Crippen molar-refractivity contribution in [2.24, 2.45) is 0 Å². The number of amides is 1. The summed E-state index contributed by atoms with van der Waals surface area (Å²) in [5, 5.41) is 3.71. The van der Waals surface area contributed by atoms with Gasteiger partial charge < -0.3 is 14.8 Å². The van der Waals surface area contributed by atoms with E-state index in [1.54, 1.807) is 24.4 Å². The zero-order chi connectivity index (χ0) is 16.1. The Morgan fingerprint density at radius 3 is 2.77 bits per heavy atom. The van der Waals surface area contributed by atoms with Crippen molar-refractivity contribution in [1.82, 2.24) is 10.3 Å². The number of nitrogens with zero attached hydrogens (tertiary/aromatic N) is 1. The highest BCUT2D eigenvalue weighted by molar-refractivity contribution is 6.35. The Morgan fingerprint density at radius 1 is 1.32 bits per heavy atom. The number of benzene rings is 1. The number of esters is 1. The Labute approximate surface area is 132 Å². The van der Waals surface area contributed by atoms with Gasteiger partial charge in [-0.25, -0.2) is 0 Å². The van der Waals surface area contributed by atoms with Gasteiger partial charge in [-0.05, 0) is 12.1 Å². The lowest BCUT2D eigenvalue weighted by Gasteiger charge is -2.12. The third-order valence-electron chi connectivity index (χ3n) is 2.91. The molecule has 1 amide bonds. The van der Waals surface area contributed by atoms with Crippen LogP contribution in [0.4, 0.5) is 0 Å². The first-order valence-electron chi connectivity index (χ1n) is 6.59. The summed E-state index contributed by atoms with van der Waals surface area (Å²) in [6.45, 7) is 1.55. The largest absolute Gasteiger partial charge is 0.489 e. The van der Waals surface area contributed by atoms with Crippen molar-refractivity contribution in [3.63, 3.8) is 0 Å². The van der Waals surface area contributed by atoms with Crippen molar-refractivity contribution in [3.05, 3.63) is 35.0 Å². The van der Waals surface area contributed by atoms with Crippen molar-refractivity contribution >= 4 is 34.4 Å². The molecule has 0 atom stereocenters. The highest BCUT2D eigenvalue weighted by Gasteiger charge is 2.15. The Balaban J connectivity index is 2.33. The lowest BCUT2D eigenvalue weighted by Crippen LogP contribution is -2.20. The molecule has 0 saturated heterocycles. The van der Waals surface area contributed by atoms with Crippen molar-refractivity contribution in [1.29, 1.82) is 0 Å². The maximum Gasteiger partial charge on any atom is 0.302 e. The van der Waals surface area contributed by atoms with E-state index in [0.29, 0.717) is 27.2 Å². The van der Waals surface area contributed by atoms with E-state index < -0.39 is 0 Å². The molecule has 0 aliphatic heterocycles. The van der Waals surface area contributed by atoms with E-state index in [4.69, 9.17) is 21.1 Å². The summed E-state index contributed by atoms with van der Waals surface area (Å²) in [6.07, 6.45) is 1.58. The van der Waals surface area contributed by atoms with E-state index in [9.17, 15) is 9.59 Å². The lowest BCUT2D eigenvalue weighted by atomic mass is 10.1. The average Bonchev–Trinajstić information content (AvgIpc) is 2.50.